The molecule has 23 heavy (non-hydrogen) atoms. The van der Waals surface area contributed by atoms with Gasteiger partial charge in [-0.05, 0) is 67.9 Å². The molecule has 0 aromatic heterocycles. The SMILES string of the molecule is C[C@]12CCC(=O)C=C1C(O)C[C@@H]1[C@H]2CC[C@]2(C)C(=O)CC[C@@]12O. The number of aliphatic hydroxyl groups is 2. The van der Waals surface area contributed by atoms with Gasteiger partial charge in [-0.15, -0.1) is 0 Å². The second-order valence-corrected chi connectivity index (χ2v) is 8.67. The Morgan fingerprint density at radius 3 is 2.57 bits per heavy atom. The van der Waals surface area contributed by atoms with E-state index in [4.69, 9.17) is 0 Å². The molecule has 3 fully saturated rings. The Kier molecular flexibility index (Phi) is 3.07. The van der Waals surface area contributed by atoms with Gasteiger partial charge in [-0.3, -0.25) is 9.59 Å². The summed E-state index contributed by atoms with van der Waals surface area (Å²) in [6.45, 7) is 4.07. The number of aliphatic hydroxyl groups excluding tert-OH is 1. The molecule has 0 aliphatic heterocycles. The number of hydrogen-bond acceptors (Lipinski definition) is 4. The summed E-state index contributed by atoms with van der Waals surface area (Å²) in [5.41, 5.74) is -1.01. The molecular weight excluding hydrogens is 292 g/mol. The predicted octanol–water partition coefficient (Wildman–Crippen LogP) is 2.17. The summed E-state index contributed by atoms with van der Waals surface area (Å²) in [7, 11) is 0. The van der Waals surface area contributed by atoms with Gasteiger partial charge in [-0.25, -0.2) is 0 Å². The van der Waals surface area contributed by atoms with Crippen molar-refractivity contribution in [1.82, 2.24) is 0 Å². The van der Waals surface area contributed by atoms with Crippen LogP contribution in [0.1, 0.15) is 58.8 Å². The van der Waals surface area contributed by atoms with E-state index < -0.39 is 17.1 Å². The molecular formula is C19H26O4. The van der Waals surface area contributed by atoms with E-state index in [9.17, 15) is 19.8 Å². The lowest BCUT2D eigenvalue weighted by molar-refractivity contribution is -0.186. The standard InChI is InChI=1S/C19H26O4/c1-17-6-3-11(20)9-14(17)15(21)10-13-12(17)4-7-18(2)16(22)5-8-19(13,18)23/h9,12-13,15,21,23H,3-8,10H2,1-2H3/t12-,13-,15?,17-,18-,19-/m1/s1. The summed E-state index contributed by atoms with van der Waals surface area (Å²) >= 11 is 0. The lowest BCUT2D eigenvalue weighted by Gasteiger charge is -2.60. The van der Waals surface area contributed by atoms with Crippen LogP contribution in [0.3, 0.4) is 0 Å². The van der Waals surface area contributed by atoms with Crippen LogP contribution >= 0.6 is 0 Å². The number of carbonyl (C=O) groups excluding carboxylic acids is 2. The molecule has 0 saturated heterocycles. The topological polar surface area (TPSA) is 74.6 Å². The van der Waals surface area contributed by atoms with Crippen molar-refractivity contribution in [1.29, 1.82) is 0 Å². The molecule has 0 bridgehead atoms. The van der Waals surface area contributed by atoms with Gasteiger partial charge in [0.1, 0.15) is 5.78 Å². The maximum absolute atomic E-state index is 12.4. The van der Waals surface area contributed by atoms with Crippen LogP contribution in [0.2, 0.25) is 0 Å². The first-order chi connectivity index (χ1) is 10.7. The van der Waals surface area contributed by atoms with Crippen molar-refractivity contribution >= 4 is 11.6 Å². The zero-order chi connectivity index (χ0) is 16.6. The van der Waals surface area contributed by atoms with Crippen molar-refractivity contribution in [2.75, 3.05) is 0 Å². The van der Waals surface area contributed by atoms with Crippen LogP contribution in [-0.2, 0) is 9.59 Å². The molecule has 6 atom stereocenters. The third-order valence-electron chi connectivity index (χ3n) is 7.88. The maximum atomic E-state index is 12.4. The Balaban J connectivity index is 1.80. The van der Waals surface area contributed by atoms with Gasteiger partial charge in [0.2, 0.25) is 0 Å². The molecule has 4 rings (SSSR count). The van der Waals surface area contributed by atoms with Gasteiger partial charge >= 0.3 is 0 Å². The fourth-order valence-corrected chi connectivity index (χ4v) is 6.33. The zero-order valence-corrected chi connectivity index (χ0v) is 14.0. The highest BCUT2D eigenvalue weighted by Gasteiger charge is 2.67. The normalized spacial score (nSPS) is 52.5. The third-order valence-corrected chi connectivity index (χ3v) is 7.88. The third kappa shape index (κ3) is 1.74. The quantitative estimate of drug-likeness (QED) is 0.718. The van der Waals surface area contributed by atoms with Crippen LogP contribution in [-0.4, -0.2) is 33.5 Å². The highest BCUT2D eigenvalue weighted by atomic mass is 16.3. The van der Waals surface area contributed by atoms with Gasteiger partial charge in [-0.2, -0.15) is 0 Å². The van der Waals surface area contributed by atoms with E-state index in [1.807, 2.05) is 6.92 Å². The molecule has 0 aromatic rings. The first-order valence-corrected chi connectivity index (χ1v) is 8.91. The smallest absolute Gasteiger partial charge is 0.155 e. The number of rotatable bonds is 0. The Hall–Kier alpha value is -1.00. The summed E-state index contributed by atoms with van der Waals surface area (Å²) in [4.78, 5) is 24.2. The maximum Gasteiger partial charge on any atom is 0.155 e. The van der Waals surface area contributed by atoms with E-state index in [0.29, 0.717) is 25.7 Å². The van der Waals surface area contributed by atoms with E-state index in [2.05, 4.69) is 6.92 Å². The molecule has 3 saturated carbocycles. The van der Waals surface area contributed by atoms with Crippen molar-refractivity contribution in [3.8, 4) is 0 Å². The summed E-state index contributed by atoms with van der Waals surface area (Å²) in [6.07, 6.45) is 5.30. The first-order valence-electron chi connectivity index (χ1n) is 8.91. The fourth-order valence-electron chi connectivity index (χ4n) is 6.33. The summed E-state index contributed by atoms with van der Waals surface area (Å²) in [6, 6.07) is 0. The second kappa shape index (κ2) is 4.54. The molecule has 4 aliphatic carbocycles. The molecule has 1 unspecified atom stereocenters. The zero-order valence-electron chi connectivity index (χ0n) is 14.0. The largest absolute Gasteiger partial charge is 0.389 e. The van der Waals surface area contributed by atoms with E-state index in [1.54, 1.807) is 6.08 Å². The number of ketones is 2. The average molecular weight is 318 g/mol. The minimum absolute atomic E-state index is 0.0574. The van der Waals surface area contributed by atoms with E-state index in [1.165, 1.54) is 0 Å². The lowest BCUT2D eigenvalue weighted by Crippen LogP contribution is -2.62. The van der Waals surface area contributed by atoms with Gasteiger partial charge in [0, 0.05) is 12.8 Å². The van der Waals surface area contributed by atoms with Crippen molar-refractivity contribution in [2.45, 2.75) is 70.5 Å². The molecule has 0 aromatic carbocycles. The molecule has 2 N–H and O–H groups in total. The van der Waals surface area contributed by atoms with Gasteiger partial charge in [0.05, 0.1) is 17.1 Å². The highest BCUT2D eigenvalue weighted by molar-refractivity contribution is 5.92. The van der Waals surface area contributed by atoms with Crippen molar-refractivity contribution in [3.05, 3.63) is 11.6 Å². The minimum atomic E-state index is -0.996. The molecule has 0 amide bonds. The van der Waals surface area contributed by atoms with Crippen LogP contribution in [0.5, 0.6) is 0 Å². The number of Topliss-reactive ketones (excluding diaryl/α,β-unsaturated/α-hetero) is 1. The second-order valence-electron chi connectivity index (χ2n) is 8.67. The summed E-state index contributed by atoms with van der Waals surface area (Å²) in [5.74, 6) is 0.468. The molecule has 0 spiro atoms. The van der Waals surface area contributed by atoms with Crippen molar-refractivity contribution in [2.24, 2.45) is 22.7 Å². The van der Waals surface area contributed by atoms with Gasteiger partial charge in [0.15, 0.2) is 5.78 Å². The van der Waals surface area contributed by atoms with Crippen LogP contribution in [0.15, 0.2) is 11.6 Å². The van der Waals surface area contributed by atoms with E-state index >= 15 is 0 Å². The Labute approximate surface area is 137 Å². The Bertz CT molecular complexity index is 623. The average Bonchev–Trinajstić information content (AvgIpc) is 2.74. The molecule has 4 nitrogen and oxygen atoms in total. The number of hydrogen-bond donors (Lipinski definition) is 2. The summed E-state index contributed by atoms with van der Waals surface area (Å²) < 4.78 is 0. The van der Waals surface area contributed by atoms with Crippen LogP contribution < -0.4 is 0 Å². The molecule has 4 heteroatoms. The van der Waals surface area contributed by atoms with Crippen LogP contribution in [0.25, 0.3) is 0 Å². The Morgan fingerprint density at radius 2 is 1.83 bits per heavy atom. The van der Waals surface area contributed by atoms with Crippen molar-refractivity contribution in [3.63, 3.8) is 0 Å². The van der Waals surface area contributed by atoms with Gasteiger partial charge in [-0.1, -0.05) is 6.92 Å². The van der Waals surface area contributed by atoms with Gasteiger partial charge in [0.25, 0.3) is 0 Å². The molecule has 0 heterocycles. The molecule has 126 valence electrons. The van der Waals surface area contributed by atoms with Crippen molar-refractivity contribution < 1.29 is 19.8 Å². The fraction of sp³-hybridized carbons (Fsp3) is 0.789. The Morgan fingerprint density at radius 1 is 1.09 bits per heavy atom. The van der Waals surface area contributed by atoms with Crippen LogP contribution in [0.4, 0.5) is 0 Å². The van der Waals surface area contributed by atoms with Crippen LogP contribution in [0, 0.1) is 22.7 Å². The van der Waals surface area contributed by atoms with Gasteiger partial charge < -0.3 is 10.2 Å². The van der Waals surface area contributed by atoms with E-state index in [-0.39, 0.29) is 28.8 Å². The first kappa shape index (κ1) is 15.5. The molecule has 4 aliphatic rings. The summed E-state index contributed by atoms with van der Waals surface area (Å²) in [5, 5.41) is 22.2. The minimum Gasteiger partial charge on any atom is -0.389 e. The monoisotopic (exact) mass is 318 g/mol. The number of fused-ring (bicyclic) bond motifs is 5. The lowest BCUT2D eigenvalue weighted by atomic mass is 9.45. The number of carbonyl (C=O) groups is 2. The highest BCUT2D eigenvalue weighted by Crippen LogP contribution is 2.65. The predicted molar refractivity (Wildman–Crippen MR) is 84.6 cm³/mol. The van der Waals surface area contributed by atoms with E-state index in [0.717, 1.165) is 24.8 Å². The molecule has 0 radical (unpaired) electrons.